The molecule has 0 bridgehead atoms. The van der Waals surface area contributed by atoms with Gasteiger partial charge in [0, 0.05) is 11.1 Å². The third kappa shape index (κ3) is 3.60. The van der Waals surface area contributed by atoms with Gasteiger partial charge in [0.2, 0.25) is 0 Å². The van der Waals surface area contributed by atoms with Crippen LogP contribution in [0.25, 0.3) is 0 Å². The van der Waals surface area contributed by atoms with Gasteiger partial charge < -0.3 is 5.98 Å². The van der Waals surface area contributed by atoms with E-state index in [4.69, 9.17) is 4.55 Å². The SMILES string of the molecule is O=C(c1ccccc1)c1ccc(S(=O)O)cc1.[H-].[Na+]. The van der Waals surface area contributed by atoms with Gasteiger partial charge in [0.25, 0.3) is 0 Å². The summed E-state index contributed by atoms with van der Waals surface area (Å²) < 4.78 is 19.6. The fourth-order valence-corrected chi connectivity index (χ4v) is 1.85. The first-order valence-corrected chi connectivity index (χ1v) is 6.10. The molecule has 2 aromatic carbocycles. The Morgan fingerprint density at radius 2 is 1.44 bits per heavy atom. The molecule has 1 atom stereocenters. The molecule has 2 aromatic rings. The Morgan fingerprint density at radius 1 is 0.944 bits per heavy atom. The molecule has 2 rings (SSSR count). The quantitative estimate of drug-likeness (QED) is 0.470. The summed E-state index contributed by atoms with van der Waals surface area (Å²) in [6.45, 7) is 0. The second-order valence-electron chi connectivity index (χ2n) is 3.47. The van der Waals surface area contributed by atoms with Crippen LogP contribution in [0.15, 0.2) is 59.5 Å². The van der Waals surface area contributed by atoms with Crippen molar-refractivity contribution in [2.24, 2.45) is 0 Å². The van der Waals surface area contributed by atoms with E-state index in [1.807, 2.05) is 6.07 Å². The van der Waals surface area contributed by atoms with E-state index in [2.05, 4.69) is 0 Å². The van der Waals surface area contributed by atoms with Crippen molar-refractivity contribution >= 4 is 16.9 Å². The first-order chi connectivity index (χ1) is 8.18. The van der Waals surface area contributed by atoms with Crippen LogP contribution in [0, 0.1) is 0 Å². The first kappa shape index (κ1) is 15.3. The molecule has 0 amide bonds. The van der Waals surface area contributed by atoms with Crippen molar-refractivity contribution in [2.75, 3.05) is 0 Å². The average Bonchev–Trinajstić information content (AvgIpc) is 2.39. The van der Waals surface area contributed by atoms with Gasteiger partial charge in [-0.2, -0.15) is 0 Å². The van der Waals surface area contributed by atoms with Crippen LogP contribution < -0.4 is 29.6 Å². The fraction of sp³-hybridized carbons (Fsp3) is 0. The van der Waals surface area contributed by atoms with Gasteiger partial charge in [-0.1, -0.05) is 30.3 Å². The number of benzene rings is 2. The van der Waals surface area contributed by atoms with Crippen molar-refractivity contribution in [3.63, 3.8) is 0 Å². The third-order valence-corrected chi connectivity index (χ3v) is 3.03. The summed E-state index contributed by atoms with van der Waals surface area (Å²) in [6.07, 6.45) is 0. The monoisotopic (exact) mass is 270 g/mol. The molecule has 88 valence electrons. The topological polar surface area (TPSA) is 54.4 Å². The molecule has 0 aliphatic heterocycles. The molecule has 0 spiro atoms. The number of carbonyl (C=O) groups is 1. The first-order valence-electron chi connectivity index (χ1n) is 4.99. The number of hydrogen-bond donors (Lipinski definition) is 1. The van der Waals surface area contributed by atoms with Crippen LogP contribution in [0.3, 0.4) is 0 Å². The predicted octanol–water partition coefficient (Wildman–Crippen LogP) is -0.385. The number of ketones is 1. The smallest absolute Gasteiger partial charge is 1.00 e. The van der Waals surface area contributed by atoms with E-state index < -0.39 is 11.1 Å². The van der Waals surface area contributed by atoms with E-state index >= 15 is 0 Å². The largest absolute Gasteiger partial charge is 1.00 e. The molecule has 0 aromatic heterocycles. The second kappa shape index (κ2) is 6.97. The Morgan fingerprint density at radius 3 is 1.94 bits per heavy atom. The van der Waals surface area contributed by atoms with E-state index in [1.54, 1.807) is 36.4 Å². The predicted molar refractivity (Wildman–Crippen MR) is 66.5 cm³/mol. The van der Waals surface area contributed by atoms with Gasteiger partial charge in [0.1, 0.15) is 0 Å². The number of hydrogen-bond acceptors (Lipinski definition) is 2. The van der Waals surface area contributed by atoms with Crippen LogP contribution in [-0.2, 0) is 11.1 Å². The molecule has 0 aliphatic carbocycles. The summed E-state index contributed by atoms with van der Waals surface area (Å²) in [6, 6.07) is 15.0. The van der Waals surface area contributed by atoms with Gasteiger partial charge in [0.15, 0.2) is 16.9 Å². The zero-order valence-corrected chi connectivity index (χ0v) is 12.7. The molecular weight excluding hydrogens is 259 g/mol. The van der Waals surface area contributed by atoms with E-state index in [9.17, 15) is 9.00 Å². The summed E-state index contributed by atoms with van der Waals surface area (Å²) in [5.41, 5.74) is 1.11. The molecule has 1 unspecified atom stereocenters. The Labute approximate surface area is 131 Å². The Balaban J connectivity index is 0.00000162. The van der Waals surface area contributed by atoms with E-state index in [0.29, 0.717) is 11.1 Å². The normalized spacial score (nSPS) is 11.4. The van der Waals surface area contributed by atoms with Crippen molar-refractivity contribution in [2.45, 2.75) is 4.90 Å². The van der Waals surface area contributed by atoms with Gasteiger partial charge in [-0.05, 0) is 24.3 Å². The minimum atomic E-state index is -2.01. The molecule has 0 aliphatic rings. The Hall–Kier alpha value is -0.780. The molecular formula is C13H11NaO3S. The third-order valence-electron chi connectivity index (χ3n) is 2.35. The minimum Gasteiger partial charge on any atom is -1.00 e. The van der Waals surface area contributed by atoms with Crippen LogP contribution in [0.2, 0.25) is 0 Å². The zero-order chi connectivity index (χ0) is 12.3. The van der Waals surface area contributed by atoms with Crippen LogP contribution in [0.4, 0.5) is 0 Å². The molecule has 5 heteroatoms. The summed E-state index contributed by atoms with van der Waals surface area (Å²) >= 11 is -2.01. The molecule has 0 saturated heterocycles. The number of rotatable bonds is 3. The average molecular weight is 270 g/mol. The van der Waals surface area contributed by atoms with Crippen molar-refractivity contribution in [3.05, 3.63) is 65.7 Å². The van der Waals surface area contributed by atoms with E-state index in [-0.39, 0.29) is 41.7 Å². The van der Waals surface area contributed by atoms with Crippen LogP contribution in [-0.4, -0.2) is 14.5 Å². The Bertz CT molecular complexity index is 558. The molecule has 0 saturated carbocycles. The molecule has 3 nitrogen and oxygen atoms in total. The maximum absolute atomic E-state index is 12.0. The maximum atomic E-state index is 12.0. The van der Waals surface area contributed by atoms with Gasteiger partial charge in [-0.25, -0.2) is 4.21 Å². The van der Waals surface area contributed by atoms with E-state index in [1.165, 1.54) is 12.1 Å². The van der Waals surface area contributed by atoms with Crippen LogP contribution >= 0.6 is 0 Å². The molecule has 0 fully saturated rings. The number of carbonyl (C=O) groups excluding carboxylic acids is 1. The zero-order valence-electron chi connectivity index (χ0n) is 10.9. The van der Waals surface area contributed by atoms with Gasteiger partial charge >= 0.3 is 29.6 Å². The van der Waals surface area contributed by atoms with Gasteiger partial charge in [0.05, 0.1) is 4.90 Å². The minimum absolute atomic E-state index is 0. The van der Waals surface area contributed by atoms with Crippen LogP contribution in [0.5, 0.6) is 0 Å². The second-order valence-corrected chi connectivity index (χ2v) is 4.44. The summed E-state index contributed by atoms with van der Waals surface area (Å²) in [7, 11) is 0. The summed E-state index contributed by atoms with van der Waals surface area (Å²) in [5.74, 6) is -0.0964. The van der Waals surface area contributed by atoms with Crippen molar-refractivity contribution in [1.82, 2.24) is 0 Å². The molecule has 0 heterocycles. The maximum Gasteiger partial charge on any atom is 1.00 e. The molecule has 1 N–H and O–H groups in total. The van der Waals surface area contributed by atoms with E-state index in [0.717, 1.165) is 0 Å². The standard InChI is InChI=1S/C13H10O3S.Na.H/c14-13(10-4-2-1-3-5-10)11-6-8-12(9-7-11)17(15)16;;/h1-9H,(H,15,16);;/q;+1;-1. The van der Waals surface area contributed by atoms with Crippen LogP contribution in [0.1, 0.15) is 17.3 Å². The van der Waals surface area contributed by atoms with Gasteiger partial charge in [-0.3, -0.25) is 4.79 Å². The van der Waals surface area contributed by atoms with Crippen molar-refractivity contribution < 1.29 is 44.5 Å². The molecule has 0 radical (unpaired) electrons. The summed E-state index contributed by atoms with van der Waals surface area (Å²) in [5, 5.41) is 0. The fourth-order valence-electron chi connectivity index (χ4n) is 1.48. The van der Waals surface area contributed by atoms with Crippen molar-refractivity contribution in [3.8, 4) is 0 Å². The Kier molecular flexibility index (Phi) is 5.91. The summed E-state index contributed by atoms with van der Waals surface area (Å²) in [4.78, 5) is 12.3. The van der Waals surface area contributed by atoms with Crippen molar-refractivity contribution in [1.29, 1.82) is 0 Å². The molecule has 18 heavy (non-hydrogen) atoms. The van der Waals surface area contributed by atoms with Gasteiger partial charge in [-0.15, -0.1) is 0 Å².